The van der Waals surface area contributed by atoms with Crippen molar-refractivity contribution < 1.29 is 9.53 Å². The summed E-state index contributed by atoms with van der Waals surface area (Å²) in [5.74, 6) is 0.261. The van der Waals surface area contributed by atoms with E-state index in [-0.39, 0.29) is 27.6 Å². The van der Waals surface area contributed by atoms with Crippen LogP contribution in [0.25, 0.3) is 0 Å². The van der Waals surface area contributed by atoms with Gasteiger partial charge in [-0.15, -0.1) is 0 Å². The smallest absolute Gasteiger partial charge is 0.324 e. The number of imidazole rings is 1. The number of carbonyl (C=O) groups is 1. The van der Waals surface area contributed by atoms with Gasteiger partial charge in [0.05, 0.1) is 0 Å². The summed E-state index contributed by atoms with van der Waals surface area (Å²) in [7, 11) is 0. The molecule has 0 spiro atoms. The number of nitrogens with one attached hydrogen (secondary N) is 2. The Bertz CT molecular complexity index is 764. The summed E-state index contributed by atoms with van der Waals surface area (Å²) in [4.78, 5) is 27.7. The lowest BCUT2D eigenvalue weighted by molar-refractivity contribution is 0.101. The number of benzene rings is 1. The zero-order valence-corrected chi connectivity index (χ0v) is 13.8. The lowest BCUT2D eigenvalue weighted by Gasteiger charge is -2.19. The van der Waals surface area contributed by atoms with Crippen LogP contribution in [-0.2, 0) is 5.41 Å². The van der Waals surface area contributed by atoms with Gasteiger partial charge in [0.1, 0.15) is 17.1 Å². The van der Waals surface area contributed by atoms with Gasteiger partial charge < -0.3 is 14.7 Å². The zero-order chi connectivity index (χ0) is 16.5. The lowest BCUT2D eigenvalue weighted by Crippen LogP contribution is -2.13. The first-order valence-electron chi connectivity index (χ1n) is 6.84. The molecule has 0 amide bonds. The first-order valence-corrected chi connectivity index (χ1v) is 7.25. The fourth-order valence-electron chi connectivity index (χ4n) is 1.98. The molecule has 0 fully saturated rings. The van der Waals surface area contributed by atoms with Crippen LogP contribution in [-0.4, -0.2) is 20.8 Å². The second-order valence-corrected chi connectivity index (χ2v) is 6.42. The van der Waals surface area contributed by atoms with E-state index in [0.717, 1.165) is 0 Å². The first kappa shape index (κ1) is 16.2. The average Bonchev–Trinajstić information content (AvgIpc) is 2.81. The summed E-state index contributed by atoms with van der Waals surface area (Å²) >= 11 is 5.16. The standard InChI is InChI=1S/C16H18N2O3S/c1-9(19)12-13(18-15(20)17-12)14(22)21-11-7-5-10(6-8-11)16(2,3)4/h5-8H,1-4H3,(H2,17,18,20). The maximum Gasteiger partial charge on any atom is 0.324 e. The van der Waals surface area contributed by atoms with E-state index in [1.165, 1.54) is 12.5 Å². The van der Waals surface area contributed by atoms with Gasteiger partial charge in [-0.25, -0.2) is 4.79 Å². The molecule has 2 N–H and O–H groups in total. The summed E-state index contributed by atoms with van der Waals surface area (Å²) in [6.07, 6.45) is 0. The average molecular weight is 318 g/mol. The van der Waals surface area contributed by atoms with Crippen LogP contribution in [0.5, 0.6) is 5.75 Å². The molecule has 5 nitrogen and oxygen atoms in total. The number of ether oxygens (including phenoxy) is 1. The second kappa shape index (κ2) is 5.88. The molecule has 1 aromatic carbocycles. The minimum atomic E-state index is -0.491. The van der Waals surface area contributed by atoms with Crippen molar-refractivity contribution in [2.75, 3.05) is 0 Å². The van der Waals surface area contributed by atoms with E-state index in [2.05, 4.69) is 30.7 Å². The number of rotatable bonds is 3. The molecule has 0 aliphatic heterocycles. The van der Waals surface area contributed by atoms with Crippen molar-refractivity contribution in [3.8, 4) is 5.75 Å². The first-order chi connectivity index (χ1) is 10.2. The van der Waals surface area contributed by atoms with E-state index in [0.29, 0.717) is 5.75 Å². The van der Waals surface area contributed by atoms with E-state index in [4.69, 9.17) is 17.0 Å². The van der Waals surface area contributed by atoms with Crippen LogP contribution in [0.15, 0.2) is 29.1 Å². The maximum atomic E-state index is 11.5. The van der Waals surface area contributed by atoms with Crippen molar-refractivity contribution in [1.82, 2.24) is 9.97 Å². The van der Waals surface area contributed by atoms with Gasteiger partial charge in [-0.3, -0.25) is 4.79 Å². The van der Waals surface area contributed by atoms with Crippen molar-refractivity contribution in [3.05, 3.63) is 51.7 Å². The molecular weight excluding hydrogens is 300 g/mol. The molecule has 2 rings (SSSR count). The Labute approximate surface area is 133 Å². The van der Waals surface area contributed by atoms with Gasteiger partial charge in [0.25, 0.3) is 0 Å². The van der Waals surface area contributed by atoms with Gasteiger partial charge in [0, 0.05) is 6.92 Å². The highest BCUT2D eigenvalue weighted by Crippen LogP contribution is 2.24. The van der Waals surface area contributed by atoms with E-state index in [9.17, 15) is 9.59 Å². The van der Waals surface area contributed by atoms with Crippen molar-refractivity contribution in [2.24, 2.45) is 0 Å². The molecule has 0 aliphatic carbocycles. The molecule has 0 saturated heterocycles. The molecule has 2 aromatic rings. The third-order valence-corrected chi connectivity index (χ3v) is 3.50. The van der Waals surface area contributed by atoms with Gasteiger partial charge in [-0.1, -0.05) is 32.9 Å². The number of aromatic amines is 2. The van der Waals surface area contributed by atoms with Crippen LogP contribution in [0.1, 0.15) is 49.4 Å². The van der Waals surface area contributed by atoms with Crippen LogP contribution in [0.4, 0.5) is 0 Å². The number of aromatic nitrogens is 2. The molecule has 1 aromatic heterocycles. The fraction of sp³-hybridized carbons (Fsp3) is 0.312. The molecule has 6 heteroatoms. The van der Waals surface area contributed by atoms with Crippen LogP contribution >= 0.6 is 12.2 Å². The second-order valence-electron chi connectivity index (χ2n) is 6.05. The Balaban J connectivity index is 2.23. The highest BCUT2D eigenvalue weighted by atomic mass is 32.1. The number of thiocarbonyl (C=S) groups is 1. The van der Waals surface area contributed by atoms with Crippen molar-refractivity contribution in [2.45, 2.75) is 33.1 Å². The molecule has 0 radical (unpaired) electrons. The molecule has 1 heterocycles. The topological polar surface area (TPSA) is 75.0 Å². The normalized spacial score (nSPS) is 11.3. The van der Waals surface area contributed by atoms with Crippen LogP contribution in [0, 0.1) is 0 Å². The molecular formula is C16H18N2O3S. The van der Waals surface area contributed by atoms with Gasteiger partial charge in [0.2, 0.25) is 5.05 Å². The van der Waals surface area contributed by atoms with Gasteiger partial charge >= 0.3 is 5.69 Å². The minimum absolute atomic E-state index is 0.0482. The van der Waals surface area contributed by atoms with E-state index in [1.807, 2.05) is 24.3 Å². The number of ketones is 1. The van der Waals surface area contributed by atoms with Crippen LogP contribution < -0.4 is 10.4 Å². The predicted molar refractivity (Wildman–Crippen MR) is 88.9 cm³/mol. The molecule has 0 bridgehead atoms. The van der Waals surface area contributed by atoms with E-state index in [1.54, 1.807) is 0 Å². The molecule has 0 atom stereocenters. The molecule has 0 unspecified atom stereocenters. The van der Waals surface area contributed by atoms with Crippen LogP contribution in [0.3, 0.4) is 0 Å². The van der Waals surface area contributed by atoms with E-state index >= 15 is 0 Å². The monoisotopic (exact) mass is 318 g/mol. The Morgan fingerprint density at radius 2 is 1.64 bits per heavy atom. The Morgan fingerprint density at radius 1 is 1.09 bits per heavy atom. The highest BCUT2D eigenvalue weighted by Gasteiger charge is 2.18. The number of Topliss-reactive ketones (excluding diaryl/α,β-unsaturated/α-hetero) is 1. The van der Waals surface area contributed by atoms with Crippen molar-refractivity contribution in [3.63, 3.8) is 0 Å². The maximum absolute atomic E-state index is 11.5. The third-order valence-electron chi connectivity index (χ3n) is 3.21. The number of carbonyl (C=O) groups excluding carboxylic acids is 1. The number of hydrogen-bond donors (Lipinski definition) is 2. The van der Waals surface area contributed by atoms with Gasteiger partial charge in [-0.2, -0.15) is 0 Å². The number of hydrogen-bond acceptors (Lipinski definition) is 4. The summed E-state index contributed by atoms with van der Waals surface area (Å²) in [5.41, 5.74) is 1.06. The SMILES string of the molecule is CC(=O)c1[nH]c(=O)[nH]c1C(=S)Oc1ccc(C(C)(C)C)cc1. The molecule has 116 valence electrons. The third kappa shape index (κ3) is 3.51. The van der Waals surface area contributed by atoms with Gasteiger partial charge in [-0.05, 0) is 35.3 Å². The lowest BCUT2D eigenvalue weighted by atomic mass is 9.87. The molecule has 0 saturated carbocycles. The quantitative estimate of drug-likeness (QED) is 0.674. The van der Waals surface area contributed by atoms with Crippen molar-refractivity contribution >= 4 is 23.1 Å². The Morgan fingerprint density at radius 3 is 2.14 bits per heavy atom. The highest BCUT2D eigenvalue weighted by molar-refractivity contribution is 7.80. The largest absolute Gasteiger partial charge is 0.444 e. The Kier molecular flexibility index (Phi) is 4.32. The zero-order valence-electron chi connectivity index (χ0n) is 12.9. The number of H-pyrrole nitrogens is 2. The fourth-order valence-corrected chi connectivity index (χ4v) is 2.23. The summed E-state index contributed by atoms with van der Waals surface area (Å²) in [6.45, 7) is 7.72. The summed E-state index contributed by atoms with van der Waals surface area (Å²) in [5, 5.41) is 0.0482. The van der Waals surface area contributed by atoms with E-state index < -0.39 is 5.69 Å². The minimum Gasteiger partial charge on any atom is -0.444 e. The van der Waals surface area contributed by atoms with Crippen molar-refractivity contribution in [1.29, 1.82) is 0 Å². The summed E-state index contributed by atoms with van der Waals surface area (Å²) in [6, 6.07) is 7.55. The Hall–Kier alpha value is -2.21. The summed E-state index contributed by atoms with van der Waals surface area (Å²) < 4.78 is 5.56. The van der Waals surface area contributed by atoms with Crippen LogP contribution in [0.2, 0.25) is 0 Å². The van der Waals surface area contributed by atoms with Gasteiger partial charge in [0.15, 0.2) is 5.78 Å². The molecule has 0 aliphatic rings. The molecule has 22 heavy (non-hydrogen) atoms. The predicted octanol–water partition coefficient (Wildman–Crippen LogP) is 2.96.